The largest absolute Gasteiger partial charge is 0.382 e. The predicted octanol–water partition coefficient (Wildman–Crippen LogP) is 2.77. The molecule has 2 rings (SSSR count). The summed E-state index contributed by atoms with van der Waals surface area (Å²) in [4.78, 5) is 0. The highest BCUT2D eigenvalue weighted by molar-refractivity contribution is 6.31. The van der Waals surface area contributed by atoms with Gasteiger partial charge in [-0.3, -0.25) is 4.68 Å². The summed E-state index contributed by atoms with van der Waals surface area (Å²) in [5.41, 5.74) is 3.71. The summed E-state index contributed by atoms with van der Waals surface area (Å²) in [6, 6.07) is 5.99. The predicted molar refractivity (Wildman–Crippen MR) is 68.2 cm³/mol. The van der Waals surface area contributed by atoms with E-state index in [-0.39, 0.29) is 0 Å². The fraction of sp³-hybridized carbons (Fsp3) is 0.308. The first-order chi connectivity index (χ1) is 7.99. The van der Waals surface area contributed by atoms with E-state index in [0.29, 0.717) is 10.7 Å². The summed E-state index contributed by atoms with van der Waals surface area (Å²) in [5, 5.41) is 14.9. The van der Waals surface area contributed by atoms with Gasteiger partial charge in [-0.1, -0.05) is 40.9 Å². The highest BCUT2D eigenvalue weighted by atomic mass is 35.5. The molecule has 17 heavy (non-hydrogen) atoms. The Balaban J connectivity index is 2.47. The molecule has 0 radical (unpaired) electrons. The molecule has 0 amide bonds. The van der Waals surface area contributed by atoms with Gasteiger partial charge >= 0.3 is 0 Å². The molecule has 0 saturated carbocycles. The van der Waals surface area contributed by atoms with Gasteiger partial charge < -0.3 is 5.11 Å². The molecule has 1 aromatic carbocycles. The summed E-state index contributed by atoms with van der Waals surface area (Å²) in [6.07, 6.45) is 0.802. The van der Waals surface area contributed by atoms with Crippen LogP contribution in [0.5, 0.6) is 0 Å². The first-order valence-electron chi connectivity index (χ1n) is 5.42. The van der Waals surface area contributed by atoms with Gasteiger partial charge in [-0.25, -0.2) is 0 Å². The van der Waals surface area contributed by atoms with Crippen LogP contribution < -0.4 is 0 Å². The maximum absolute atomic E-state index is 10.3. The van der Waals surface area contributed by atoms with Crippen molar-refractivity contribution in [2.24, 2.45) is 7.05 Å². The van der Waals surface area contributed by atoms with Crippen LogP contribution in [0.3, 0.4) is 0 Å². The van der Waals surface area contributed by atoms with Crippen molar-refractivity contribution in [2.45, 2.75) is 20.0 Å². The van der Waals surface area contributed by atoms with Crippen LogP contribution in [0.4, 0.5) is 0 Å². The number of hydrogen-bond acceptors (Lipinski definition) is 2. The number of aliphatic hydroxyl groups is 1. The Labute approximate surface area is 106 Å². The standard InChI is InChI=1S/C13H15ClN2O/c1-8-4-9(2)6-10(5-8)13(17)12-11(14)7-15-16(12)3/h4-7,13,17H,1-3H3. The van der Waals surface area contributed by atoms with Crippen molar-refractivity contribution in [2.75, 3.05) is 0 Å². The Kier molecular flexibility index (Phi) is 3.22. The Hall–Kier alpha value is -1.32. The minimum absolute atomic E-state index is 0.485. The van der Waals surface area contributed by atoms with E-state index in [4.69, 9.17) is 11.6 Å². The van der Waals surface area contributed by atoms with E-state index in [2.05, 4.69) is 11.2 Å². The third-order valence-electron chi connectivity index (χ3n) is 2.76. The summed E-state index contributed by atoms with van der Waals surface area (Å²) < 4.78 is 1.60. The summed E-state index contributed by atoms with van der Waals surface area (Å²) >= 11 is 6.03. The molecule has 0 aliphatic heterocycles. The Morgan fingerprint density at radius 1 is 1.24 bits per heavy atom. The molecular formula is C13H15ClN2O. The average Bonchev–Trinajstić information content (AvgIpc) is 2.56. The van der Waals surface area contributed by atoms with E-state index >= 15 is 0 Å². The molecule has 0 bridgehead atoms. The van der Waals surface area contributed by atoms with E-state index in [1.807, 2.05) is 26.0 Å². The van der Waals surface area contributed by atoms with Crippen molar-refractivity contribution in [3.63, 3.8) is 0 Å². The zero-order chi connectivity index (χ0) is 12.6. The molecule has 0 spiro atoms. The number of halogens is 1. The molecule has 1 N–H and O–H groups in total. The van der Waals surface area contributed by atoms with Crippen molar-refractivity contribution in [1.82, 2.24) is 9.78 Å². The highest BCUT2D eigenvalue weighted by Gasteiger charge is 2.18. The second-order valence-corrected chi connectivity index (χ2v) is 4.73. The number of rotatable bonds is 2. The van der Waals surface area contributed by atoms with E-state index in [1.165, 1.54) is 0 Å². The normalized spacial score (nSPS) is 12.8. The van der Waals surface area contributed by atoms with Crippen LogP contribution in [-0.2, 0) is 7.05 Å². The molecule has 1 heterocycles. The second kappa shape index (κ2) is 4.51. The Morgan fingerprint density at radius 2 is 1.82 bits per heavy atom. The minimum Gasteiger partial charge on any atom is -0.382 e. The lowest BCUT2D eigenvalue weighted by atomic mass is 10.0. The van der Waals surface area contributed by atoms with Gasteiger partial charge in [0.25, 0.3) is 0 Å². The molecule has 1 unspecified atom stereocenters. The van der Waals surface area contributed by atoms with Gasteiger partial charge in [-0.15, -0.1) is 0 Å². The third-order valence-corrected chi connectivity index (χ3v) is 3.05. The van der Waals surface area contributed by atoms with Gasteiger partial charge in [-0.2, -0.15) is 5.10 Å². The number of hydrogen-bond donors (Lipinski definition) is 1. The monoisotopic (exact) mass is 250 g/mol. The zero-order valence-corrected chi connectivity index (χ0v) is 10.9. The molecule has 90 valence electrons. The molecule has 1 aromatic heterocycles. The quantitative estimate of drug-likeness (QED) is 0.890. The lowest BCUT2D eigenvalue weighted by Gasteiger charge is -2.13. The van der Waals surface area contributed by atoms with Crippen LogP contribution in [0, 0.1) is 13.8 Å². The van der Waals surface area contributed by atoms with E-state index in [9.17, 15) is 5.11 Å². The SMILES string of the molecule is Cc1cc(C)cc(C(O)c2c(Cl)cnn2C)c1. The smallest absolute Gasteiger partial charge is 0.122 e. The Bertz CT molecular complexity index is 509. The summed E-state index contributed by atoms with van der Waals surface area (Å²) in [6.45, 7) is 4.02. The topological polar surface area (TPSA) is 38.1 Å². The summed E-state index contributed by atoms with van der Waals surface area (Å²) in [7, 11) is 1.77. The molecular weight excluding hydrogens is 236 g/mol. The minimum atomic E-state index is -0.742. The molecule has 4 heteroatoms. The fourth-order valence-corrected chi connectivity index (χ4v) is 2.32. The summed E-state index contributed by atoms with van der Waals surface area (Å²) in [5.74, 6) is 0. The maximum atomic E-state index is 10.3. The van der Waals surface area contributed by atoms with Crippen LogP contribution in [0.25, 0.3) is 0 Å². The molecule has 0 aliphatic rings. The van der Waals surface area contributed by atoms with Gasteiger partial charge in [0, 0.05) is 7.05 Å². The van der Waals surface area contributed by atoms with Gasteiger partial charge in [-0.05, 0) is 19.4 Å². The third kappa shape index (κ3) is 2.35. The van der Waals surface area contributed by atoms with Crippen molar-refractivity contribution < 1.29 is 5.11 Å². The van der Waals surface area contributed by atoms with Crippen molar-refractivity contribution >= 4 is 11.6 Å². The average molecular weight is 251 g/mol. The number of aryl methyl sites for hydroxylation is 3. The number of benzene rings is 1. The lowest BCUT2D eigenvalue weighted by molar-refractivity contribution is 0.209. The number of aliphatic hydroxyl groups excluding tert-OH is 1. The van der Waals surface area contributed by atoms with Crippen LogP contribution >= 0.6 is 11.6 Å². The van der Waals surface area contributed by atoms with Crippen LogP contribution in [0.1, 0.15) is 28.5 Å². The number of nitrogens with zero attached hydrogens (tertiary/aromatic N) is 2. The lowest BCUT2D eigenvalue weighted by Crippen LogP contribution is -2.07. The van der Waals surface area contributed by atoms with Crippen LogP contribution in [-0.4, -0.2) is 14.9 Å². The van der Waals surface area contributed by atoms with Crippen molar-refractivity contribution in [3.8, 4) is 0 Å². The zero-order valence-electron chi connectivity index (χ0n) is 10.1. The van der Waals surface area contributed by atoms with E-state index in [1.54, 1.807) is 17.9 Å². The molecule has 3 nitrogen and oxygen atoms in total. The number of aromatic nitrogens is 2. The van der Waals surface area contributed by atoms with Crippen molar-refractivity contribution in [1.29, 1.82) is 0 Å². The highest BCUT2D eigenvalue weighted by Crippen LogP contribution is 2.28. The molecule has 0 fully saturated rings. The van der Waals surface area contributed by atoms with Gasteiger partial charge in [0.1, 0.15) is 6.10 Å². The van der Waals surface area contributed by atoms with Crippen LogP contribution in [0.15, 0.2) is 24.4 Å². The fourth-order valence-electron chi connectivity index (χ4n) is 2.05. The van der Waals surface area contributed by atoms with E-state index in [0.717, 1.165) is 16.7 Å². The van der Waals surface area contributed by atoms with Crippen LogP contribution in [0.2, 0.25) is 5.02 Å². The molecule has 2 aromatic rings. The van der Waals surface area contributed by atoms with Crippen molar-refractivity contribution in [3.05, 3.63) is 51.8 Å². The van der Waals surface area contributed by atoms with Gasteiger partial charge in [0.2, 0.25) is 0 Å². The Morgan fingerprint density at radius 3 is 2.29 bits per heavy atom. The first kappa shape index (κ1) is 12.1. The maximum Gasteiger partial charge on any atom is 0.122 e. The first-order valence-corrected chi connectivity index (χ1v) is 5.80. The van der Waals surface area contributed by atoms with E-state index < -0.39 is 6.10 Å². The molecule has 0 aliphatic carbocycles. The molecule has 1 atom stereocenters. The second-order valence-electron chi connectivity index (χ2n) is 4.32. The molecule has 0 saturated heterocycles. The van der Waals surface area contributed by atoms with Gasteiger partial charge in [0.05, 0.1) is 16.9 Å². The van der Waals surface area contributed by atoms with Gasteiger partial charge in [0.15, 0.2) is 0 Å².